The Hall–Kier alpha value is -2.18. The lowest BCUT2D eigenvalue weighted by atomic mass is 10.0. The van der Waals surface area contributed by atoms with Gasteiger partial charge in [-0.25, -0.2) is 0 Å². The van der Waals surface area contributed by atoms with E-state index in [1.807, 2.05) is 36.4 Å². The third-order valence-corrected chi connectivity index (χ3v) is 3.29. The van der Waals surface area contributed by atoms with Crippen molar-refractivity contribution in [2.45, 2.75) is 11.8 Å². The van der Waals surface area contributed by atoms with Crippen LogP contribution in [-0.4, -0.2) is 10.5 Å². The number of hydrogen-bond donors (Lipinski definition) is 0. The molecule has 1 saturated carbocycles. The molecule has 1 fully saturated rings. The van der Waals surface area contributed by atoms with Crippen molar-refractivity contribution in [2.24, 2.45) is 0 Å². The van der Waals surface area contributed by atoms with Gasteiger partial charge in [0.15, 0.2) is 0 Å². The molecule has 1 aliphatic rings. The molecule has 2 atom stereocenters. The van der Waals surface area contributed by atoms with Gasteiger partial charge >= 0.3 is 0 Å². The van der Waals surface area contributed by atoms with Gasteiger partial charge in [0.2, 0.25) is 0 Å². The van der Waals surface area contributed by atoms with Crippen LogP contribution in [0.2, 0.25) is 0 Å². The summed E-state index contributed by atoms with van der Waals surface area (Å²) in [5.74, 6) is 0.479. The maximum Gasteiger partial charge on any atom is 0.286 e. The molecule has 0 N–H and O–H groups in total. The molecule has 2 aromatic carbocycles. The zero-order valence-corrected chi connectivity index (χ0v) is 9.32. The average Bonchev–Trinajstić information content (AvgIpc) is 3.15. The van der Waals surface area contributed by atoms with Crippen LogP contribution in [0, 0.1) is 0 Å². The lowest BCUT2D eigenvalue weighted by Gasteiger charge is -1.96. The smallest absolute Gasteiger partial charge is 0.286 e. The molecular formula is C15H12N2. The van der Waals surface area contributed by atoms with Gasteiger partial charge in [0.1, 0.15) is 0 Å². The summed E-state index contributed by atoms with van der Waals surface area (Å²) >= 11 is 0. The fourth-order valence-corrected chi connectivity index (χ4v) is 2.42. The maximum atomic E-state index is 9.06. The largest absolute Gasteiger partial charge is 0.362 e. The maximum absolute atomic E-state index is 9.06. The molecule has 2 heteroatoms. The number of rotatable bonds is 2. The topological polar surface area (TPSA) is 36.4 Å². The van der Waals surface area contributed by atoms with E-state index in [0.29, 0.717) is 0 Å². The summed E-state index contributed by atoms with van der Waals surface area (Å²) in [7, 11) is 0. The Morgan fingerprint density at radius 2 is 1.12 bits per heavy atom. The highest BCUT2D eigenvalue weighted by atomic mass is 14.9. The first-order chi connectivity index (χ1) is 8.42. The molecule has 0 amide bonds. The minimum Gasteiger partial charge on any atom is -0.362 e. The Labute approximate surface area is 100 Å². The van der Waals surface area contributed by atoms with Gasteiger partial charge in [0.25, 0.3) is 5.71 Å². The van der Waals surface area contributed by atoms with Crippen LogP contribution in [0.4, 0.5) is 0 Å². The molecule has 0 bridgehead atoms. The van der Waals surface area contributed by atoms with Crippen molar-refractivity contribution >= 4 is 5.71 Å². The standard InChI is InChI=1S/C15H12N2/c16-17-15-13(11-7-3-1-4-8-11)14(15)12-9-5-2-6-10-12/h1-10,13-14H/t13-,14-/m0/s1. The van der Waals surface area contributed by atoms with E-state index < -0.39 is 0 Å². The summed E-state index contributed by atoms with van der Waals surface area (Å²) in [5, 5.41) is 0. The minimum absolute atomic E-state index is 0.239. The van der Waals surface area contributed by atoms with Crippen molar-refractivity contribution in [3.05, 3.63) is 77.3 Å². The minimum atomic E-state index is 0.239. The van der Waals surface area contributed by atoms with Crippen molar-refractivity contribution in [3.8, 4) is 0 Å². The second-order valence-corrected chi connectivity index (χ2v) is 4.30. The fraction of sp³-hybridized carbons (Fsp3) is 0.133. The molecule has 2 aromatic rings. The van der Waals surface area contributed by atoms with Crippen molar-refractivity contribution in [1.29, 1.82) is 0 Å². The number of nitrogens with zero attached hydrogens (tertiary/aromatic N) is 2. The molecule has 3 rings (SSSR count). The van der Waals surface area contributed by atoms with Gasteiger partial charge in [-0.05, 0) is 11.1 Å². The molecule has 0 radical (unpaired) electrons. The zero-order valence-electron chi connectivity index (χ0n) is 9.32. The summed E-state index contributed by atoms with van der Waals surface area (Å²) in [4.78, 5) is 3.43. The van der Waals surface area contributed by atoms with Crippen LogP contribution in [0.15, 0.2) is 60.7 Å². The lowest BCUT2D eigenvalue weighted by Crippen LogP contribution is -1.82. The third-order valence-electron chi connectivity index (χ3n) is 3.29. The SMILES string of the molecule is [N-]=[N+]=C1[C@@H](c2ccccc2)[C@@H]1c1ccccc1. The quantitative estimate of drug-likeness (QED) is 0.550. The average molecular weight is 220 g/mol. The van der Waals surface area contributed by atoms with Gasteiger partial charge in [-0.1, -0.05) is 60.7 Å². The summed E-state index contributed by atoms with van der Waals surface area (Å²) < 4.78 is 0. The highest BCUT2D eigenvalue weighted by molar-refractivity contribution is 6.09. The van der Waals surface area contributed by atoms with Gasteiger partial charge in [-0.2, -0.15) is 4.79 Å². The fourth-order valence-electron chi connectivity index (χ4n) is 2.42. The molecule has 0 heterocycles. The second-order valence-electron chi connectivity index (χ2n) is 4.30. The van der Waals surface area contributed by atoms with Crippen LogP contribution in [0.3, 0.4) is 0 Å². The molecule has 0 spiro atoms. The van der Waals surface area contributed by atoms with E-state index in [0.717, 1.165) is 5.71 Å². The van der Waals surface area contributed by atoms with Gasteiger partial charge in [-0.3, -0.25) is 0 Å². The van der Waals surface area contributed by atoms with Crippen molar-refractivity contribution in [2.75, 3.05) is 0 Å². The van der Waals surface area contributed by atoms with E-state index in [-0.39, 0.29) is 11.8 Å². The Morgan fingerprint density at radius 3 is 1.47 bits per heavy atom. The summed E-state index contributed by atoms with van der Waals surface area (Å²) in [6.07, 6.45) is 0. The van der Waals surface area contributed by atoms with Gasteiger partial charge in [-0.15, -0.1) is 0 Å². The van der Waals surface area contributed by atoms with E-state index >= 15 is 0 Å². The van der Waals surface area contributed by atoms with Gasteiger partial charge in [0, 0.05) is 0 Å². The van der Waals surface area contributed by atoms with Crippen LogP contribution in [0.5, 0.6) is 0 Å². The molecule has 1 aliphatic carbocycles. The number of hydrogen-bond acceptors (Lipinski definition) is 0. The van der Waals surface area contributed by atoms with Crippen molar-refractivity contribution in [1.82, 2.24) is 0 Å². The Bertz CT molecular complexity index is 521. The lowest BCUT2D eigenvalue weighted by molar-refractivity contribution is -0.00193. The predicted molar refractivity (Wildman–Crippen MR) is 67.0 cm³/mol. The Kier molecular flexibility index (Phi) is 2.36. The highest BCUT2D eigenvalue weighted by Crippen LogP contribution is 2.50. The van der Waals surface area contributed by atoms with Crippen LogP contribution >= 0.6 is 0 Å². The van der Waals surface area contributed by atoms with Crippen molar-refractivity contribution in [3.63, 3.8) is 0 Å². The molecule has 2 nitrogen and oxygen atoms in total. The van der Waals surface area contributed by atoms with Gasteiger partial charge in [0.05, 0.1) is 11.8 Å². The predicted octanol–water partition coefficient (Wildman–Crippen LogP) is 3.24. The molecule has 0 aromatic heterocycles. The second kappa shape index (κ2) is 4.00. The van der Waals surface area contributed by atoms with E-state index in [9.17, 15) is 0 Å². The summed E-state index contributed by atoms with van der Waals surface area (Å²) in [5.41, 5.74) is 12.4. The zero-order chi connectivity index (χ0) is 11.7. The van der Waals surface area contributed by atoms with Gasteiger partial charge < -0.3 is 5.53 Å². The monoisotopic (exact) mass is 220 g/mol. The molecule has 82 valence electrons. The normalized spacial score (nSPS) is 22.0. The molecular weight excluding hydrogens is 208 g/mol. The summed E-state index contributed by atoms with van der Waals surface area (Å²) in [6.45, 7) is 0. The molecule has 0 unspecified atom stereocenters. The van der Waals surface area contributed by atoms with E-state index in [1.54, 1.807) is 0 Å². The van der Waals surface area contributed by atoms with Crippen LogP contribution in [0.25, 0.3) is 5.53 Å². The Morgan fingerprint density at radius 1 is 0.706 bits per heavy atom. The van der Waals surface area contributed by atoms with Crippen LogP contribution in [-0.2, 0) is 0 Å². The first-order valence-corrected chi connectivity index (χ1v) is 5.73. The van der Waals surface area contributed by atoms with E-state index in [1.165, 1.54) is 11.1 Å². The molecule has 0 aliphatic heterocycles. The Balaban J connectivity index is 1.97. The van der Waals surface area contributed by atoms with Crippen LogP contribution < -0.4 is 0 Å². The van der Waals surface area contributed by atoms with Crippen LogP contribution in [0.1, 0.15) is 23.0 Å². The van der Waals surface area contributed by atoms with Crippen molar-refractivity contribution < 1.29 is 4.79 Å². The summed E-state index contributed by atoms with van der Waals surface area (Å²) in [6, 6.07) is 20.4. The molecule has 17 heavy (non-hydrogen) atoms. The third kappa shape index (κ3) is 1.69. The first kappa shape index (κ1) is 10.0. The highest BCUT2D eigenvalue weighted by Gasteiger charge is 2.56. The first-order valence-electron chi connectivity index (χ1n) is 5.73. The number of benzene rings is 2. The molecule has 0 saturated heterocycles. The van der Waals surface area contributed by atoms with E-state index in [2.05, 4.69) is 29.1 Å². The van der Waals surface area contributed by atoms with E-state index in [4.69, 9.17) is 5.53 Å².